The number of anilines is 1. The number of aromatic carboxylic acids is 1. The molecule has 0 amide bonds. The van der Waals surface area contributed by atoms with Gasteiger partial charge in [-0.05, 0) is 6.07 Å². The Labute approximate surface area is 92.6 Å². The van der Waals surface area contributed by atoms with E-state index in [4.69, 9.17) is 10.8 Å². The molecule has 0 bridgehead atoms. The van der Waals surface area contributed by atoms with Crippen molar-refractivity contribution in [2.24, 2.45) is 0 Å². The molecule has 0 aromatic heterocycles. The van der Waals surface area contributed by atoms with Crippen LogP contribution in [-0.4, -0.2) is 22.6 Å². The van der Waals surface area contributed by atoms with E-state index in [0.29, 0.717) is 12.1 Å². The number of hydrogen-bond acceptors (Lipinski definition) is 5. The Morgan fingerprint density at radius 1 is 1.53 bits per heavy atom. The number of benzene rings is 1. The monoisotopic (exact) mass is 248 g/mol. The van der Waals surface area contributed by atoms with Crippen LogP contribution in [0.5, 0.6) is 5.75 Å². The Morgan fingerprint density at radius 3 is 2.53 bits per heavy atom. The van der Waals surface area contributed by atoms with Crippen LogP contribution in [0.15, 0.2) is 12.1 Å². The van der Waals surface area contributed by atoms with Gasteiger partial charge in [0.25, 0.3) is 5.69 Å². The lowest BCUT2D eigenvalue weighted by Gasteiger charge is -2.08. The first-order chi connectivity index (χ1) is 7.82. The zero-order valence-corrected chi connectivity index (χ0v) is 8.09. The van der Waals surface area contributed by atoms with Crippen molar-refractivity contribution in [3.63, 3.8) is 0 Å². The fraction of sp³-hybridized carbons (Fsp3) is 0.125. The van der Waals surface area contributed by atoms with Gasteiger partial charge in [-0.1, -0.05) is 0 Å². The topological polar surface area (TPSA) is 116 Å². The summed E-state index contributed by atoms with van der Waals surface area (Å²) in [6.07, 6.45) is 0. The van der Waals surface area contributed by atoms with E-state index in [0.717, 1.165) is 0 Å². The van der Waals surface area contributed by atoms with E-state index in [2.05, 4.69) is 4.74 Å². The molecule has 0 aliphatic carbocycles. The average Bonchev–Trinajstić information content (AvgIpc) is 2.18. The SMILES string of the molecule is Nc1cc(C(=O)O)c(OC(F)F)cc1[N+](=O)[O-]. The molecule has 0 unspecified atom stereocenters. The number of alkyl halides is 2. The van der Waals surface area contributed by atoms with Crippen molar-refractivity contribution < 1.29 is 28.3 Å². The Hall–Kier alpha value is -2.45. The summed E-state index contributed by atoms with van der Waals surface area (Å²) in [7, 11) is 0. The Kier molecular flexibility index (Phi) is 3.41. The highest BCUT2D eigenvalue weighted by Gasteiger charge is 2.22. The van der Waals surface area contributed by atoms with Gasteiger partial charge in [-0.3, -0.25) is 10.1 Å². The smallest absolute Gasteiger partial charge is 0.387 e. The third kappa shape index (κ3) is 2.77. The zero-order chi connectivity index (χ0) is 13.2. The van der Waals surface area contributed by atoms with Crippen LogP contribution in [0, 0.1) is 10.1 Å². The van der Waals surface area contributed by atoms with Crippen LogP contribution in [0.1, 0.15) is 10.4 Å². The van der Waals surface area contributed by atoms with E-state index in [9.17, 15) is 23.7 Å². The molecule has 1 aromatic rings. The fourth-order valence-electron chi connectivity index (χ4n) is 1.10. The van der Waals surface area contributed by atoms with Gasteiger partial charge in [0.1, 0.15) is 17.0 Å². The molecular weight excluding hydrogens is 242 g/mol. The lowest BCUT2D eigenvalue weighted by atomic mass is 10.1. The van der Waals surface area contributed by atoms with E-state index in [1.807, 2.05) is 0 Å². The lowest BCUT2D eigenvalue weighted by molar-refractivity contribution is -0.384. The number of halogens is 2. The molecule has 0 radical (unpaired) electrons. The van der Waals surface area contributed by atoms with Gasteiger partial charge < -0.3 is 15.6 Å². The van der Waals surface area contributed by atoms with E-state index in [1.54, 1.807) is 0 Å². The van der Waals surface area contributed by atoms with Crippen molar-refractivity contribution in [2.45, 2.75) is 6.61 Å². The highest BCUT2D eigenvalue weighted by Crippen LogP contribution is 2.31. The molecule has 0 saturated heterocycles. The molecule has 17 heavy (non-hydrogen) atoms. The van der Waals surface area contributed by atoms with Gasteiger partial charge in [-0.15, -0.1) is 0 Å². The number of carboxylic acid groups (broad SMARTS) is 1. The van der Waals surface area contributed by atoms with Gasteiger partial charge in [-0.25, -0.2) is 4.79 Å². The first kappa shape index (κ1) is 12.6. The van der Waals surface area contributed by atoms with Gasteiger partial charge >= 0.3 is 12.6 Å². The molecule has 7 nitrogen and oxygen atoms in total. The van der Waals surface area contributed by atoms with Crippen molar-refractivity contribution in [3.05, 3.63) is 27.8 Å². The largest absolute Gasteiger partial charge is 0.478 e. The highest BCUT2D eigenvalue weighted by atomic mass is 19.3. The van der Waals surface area contributed by atoms with Crippen molar-refractivity contribution in [1.29, 1.82) is 0 Å². The molecule has 0 heterocycles. The molecule has 0 fully saturated rings. The summed E-state index contributed by atoms with van der Waals surface area (Å²) in [5.74, 6) is -2.39. The van der Waals surface area contributed by atoms with Gasteiger partial charge in [0.15, 0.2) is 0 Å². The first-order valence-corrected chi connectivity index (χ1v) is 4.09. The number of carboxylic acids is 1. The normalized spacial score (nSPS) is 10.3. The van der Waals surface area contributed by atoms with Crippen LogP contribution in [-0.2, 0) is 0 Å². The summed E-state index contributed by atoms with van der Waals surface area (Å²) >= 11 is 0. The summed E-state index contributed by atoms with van der Waals surface area (Å²) in [5, 5.41) is 19.2. The van der Waals surface area contributed by atoms with E-state index in [-0.39, 0.29) is 0 Å². The van der Waals surface area contributed by atoms with Crippen molar-refractivity contribution >= 4 is 17.3 Å². The maximum atomic E-state index is 12.0. The number of rotatable bonds is 4. The summed E-state index contributed by atoms with van der Waals surface area (Å²) in [5.41, 5.74) is 3.39. The number of carbonyl (C=O) groups is 1. The predicted molar refractivity (Wildman–Crippen MR) is 51.1 cm³/mol. The van der Waals surface area contributed by atoms with Crippen LogP contribution < -0.4 is 10.5 Å². The Balaban J connectivity index is 3.36. The lowest BCUT2D eigenvalue weighted by Crippen LogP contribution is -2.09. The minimum Gasteiger partial charge on any atom is -0.478 e. The van der Waals surface area contributed by atoms with Crippen LogP contribution in [0.2, 0.25) is 0 Å². The molecule has 1 rings (SSSR count). The van der Waals surface area contributed by atoms with Crippen LogP contribution in [0.25, 0.3) is 0 Å². The van der Waals surface area contributed by atoms with E-state index in [1.165, 1.54) is 0 Å². The number of nitrogen functional groups attached to an aromatic ring is 1. The Morgan fingerprint density at radius 2 is 2.12 bits per heavy atom. The van der Waals surface area contributed by atoms with Crippen LogP contribution in [0.3, 0.4) is 0 Å². The fourth-order valence-corrected chi connectivity index (χ4v) is 1.10. The number of nitrogens with zero attached hydrogens (tertiary/aromatic N) is 1. The van der Waals surface area contributed by atoms with Crippen LogP contribution in [0.4, 0.5) is 20.2 Å². The number of nitro groups is 1. The standard InChI is InChI=1S/C8H6F2N2O5/c9-8(10)17-6-2-5(12(15)16)4(11)1-3(6)7(13)14/h1-2,8H,11H2,(H,13,14). The van der Waals surface area contributed by atoms with E-state index < -0.39 is 40.2 Å². The number of nitrogens with two attached hydrogens (primary N) is 1. The number of ether oxygens (including phenoxy) is 1. The van der Waals surface area contributed by atoms with E-state index >= 15 is 0 Å². The summed E-state index contributed by atoms with van der Waals surface area (Å²) in [6.45, 7) is -3.30. The molecule has 3 N–H and O–H groups in total. The molecule has 0 atom stereocenters. The quantitative estimate of drug-likeness (QED) is 0.473. The molecule has 0 saturated carbocycles. The van der Waals surface area contributed by atoms with Gasteiger partial charge in [0.05, 0.1) is 11.0 Å². The maximum absolute atomic E-state index is 12.0. The molecule has 92 valence electrons. The minimum absolute atomic E-state index is 0.450. The predicted octanol–water partition coefficient (Wildman–Crippen LogP) is 1.48. The Bertz CT molecular complexity index is 477. The van der Waals surface area contributed by atoms with Crippen molar-refractivity contribution in [2.75, 3.05) is 5.73 Å². The molecule has 9 heteroatoms. The van der Waals surface area contributed by atoms with Gasteiger partial charge in [0, 0.05) is 0 Å². The second-order valence-corrected chi connectivity index (χ2v) is 2.85. The molecule has 0 aliphatic heterocycles. The molecule has 0 aliphatic rings. The number of nitro benzene ring substituents is 1. The second kappa shape index (κ2) is 4.60. The first-order valence-electron chi connectivity index (χ1n) is 4.09. The number of hydrogen-bond donors (Lipinski definition) is 2. The summed E-state index contributed by atoms with van der Waals surface area (Å²) in [4.78, 5) is 20.2. The van der Waals surface area contributed by atoms with Crippen molar-refractivity contribution in [3.8, 4) is 5.75 Å². The van der Waals surface area contributed by atoms with Gasteiger partial charge in [-0.2, -0.15) is 8.78 Å². The molecular formula is C8H6F2N2O5. The minimum atomic E-state index is -3.30. The third-order valence-corrected chi connectivity index (χ3v) is 1.77. The summed E-state index contributed by atoms with van der Waals surface area (Å²) < 4.78 is 27.8. The van der Waals surface area contributed by atoms with Crippen molar-refractivity contribution in [1.82, 2.24) is 0 Å². The zero-order valence-electron chi connectivity index (χ0n) is 8.09. The average molecular weight is 248 g/mol. The van der Waals surface area contributed by atoms with Gasteiger partial charge in [0.2, 0.25) is 0 Å². The molecule has 1 aromatic carbocycles. The summed E-state index contributed by atoms with van der Waals surface area (Å²) in [6, 6.07) is 1.24. The second-order valence-electron chi connectivity index (χ2n) is 2.85. The van der Waals surface area contributed by atoms with Crippen LogP contribution >= 0.6 is 0 Å². The third-order valence-electron chi connectivity index (χ3n) is 1.77. The maximum Gasteiger partial charge on any atom is 0.387 e. The highest BCUT2D eigenvalue weighted by molar-refractivity contribution is 5.93. The molecule has 0 spiro atoms.